The highest BCUT2D eigenvalue weighted by Gasteiger charge is 2.18. The van der Waals surface area contributed by atoms with E-state index in [1.807, 2.05) is 20.8 Å². The second-order valence-corrected chi connectivity index (χ2v) is 7.69. The largest absolute Gasteiger partial charge is 0.351 e. The molecule has 0 saturated carbocycles. The minimum absolute atomic E-state index is 0.169. The van der Waals surface area contributed by atoms with Crippen molar-refractivity contribution in [1.29, 1.82) is 0 Å². The molecule has 1 amide bonds. The van der Waals surface area contributed by atoms with Gasteiger partial charge in [-0.25, -0.2) is 0 Å². The number of benzene rings is 1. The first-order valence-corrected chi connectivity index (χ1v) is 7.42. The van der Waals surface area contributed by atoms with Gasteiger partial charge in [0.15, 0.2) is 0 Å². The molecule has 18 heavy (non-hydrogen) atoms. The third-order valence-corrected chi connectivity index (χ3v) is 4.56. The molecular weight excluding hydrogens is 270 g/mol. The van der Waals surface area contributed by atoms with Gasteiger partial charge in [0.05, 0.1) is 0 Å². The highest BCUT2D eigenvalue weighted by Crippen LogP contribution is 2.11. The Morgan fingerprint density at radius 1 is 1.28 bits per heavy atom. The predicted molar refractivity (Wildman–Crippen MR) is 76.5 cm³/mol. The molecule has 1 atom stereocenters. The minimum atomic E-state index is -0.950. The third-order valence-electron chi connectivity index (χ3n) is 2.36. The summed E-state index contributed by atoms with van der Waals surface area (Å²) in [4.78, 5) is 11.7. The molecule has 1 rings (SSSR count). The van der Waals surface area contributed by atoms with E-state index in [2.05, 4.69) is 5.32 Å². The quantitative estimate of drug-likeness (QED) is 0.925. The Morgan fingerprint density at radius 3 is 2.33 bits per heavy atom. The Hall–Kier alpha value is -0.870. The summed E-state index contributed by atoms with van der Waals surface area (Å²) in [5, 5.41) is 3.34. The molecule has 0 fully saturated rings. The van der Waals surface area contributed by atoms with E-state index in [4.69, 9.17) is 11.6 Å². The van der Waals surface area contributed by atoms with E-state index < -0.39 is 10.8 Å². The van der Waals surface area contributed by atoms with Crippen molar-refractivity contribution in [2.24, 2.45) is 0 Å². The molecule has 1 N–H and O–H groups in total. The molecule has 0 aromatic heterocycles. The summed E-state index contributed by atoms with van der Waals surface area (Å²) in [6, 6.07) is 6.67. The van der Waals surface area contributed by atoms with Crippen LogP contribution in [-0.4, -0.2) is 27.2 Å². The molecule has 100 valence electrons. The lowest BCUT2D eigenvalue weighted by Crippen LogP contribution is -2.32. The van der Waals surface area contributed by atoms with Gasteiger partial charge in [-0.2, -0.15) is 0 Å². The summed E-state index contributed by atoms with van der Waals surface area (Å²) in [5.74, 6) is 0.292. The summed E-state index contributed by atoms with van der Waals surface area (Å²) >= 11 is 5.74. The van der Waals surface area contributed by atoms with Crippen LogP contribution in [0, 0.1) is 0 Å². The highest BCUT2D eigenvalue weighted by atomic mass is 35.5. The van der Waals surface area contributed by atoms with Crippen molar-refractivity contribution in [1.82, 2.24) is 5.32 Å². The van der Waals surface area contributed by atoms with Crippen LogP contribution in [0.5, 0.6) is 0 Å². The van der Waals surface area contributed by atoms with Gasteiger partial charge in [-0.05, 0) is 45.0 Å². The molecule has 3 nitrogen and oxygen atoms in total. The van der Waals surface area contributed by atoms with Crippen molar-refractivity contribution < 1.29 is 9.00 Å². The van der Waals surface area contributed by atoms with Gasteiger partial charge in [0.1, 0.15) is 0 Å². The van der Waals surface area contributed by atoms with Gasteiger partial charge >= 0.3 is 0 Å². The van der Waals surface area contributed by atoms with Crippen molar-refractivity contribution >= 4 is 28.3 Å². The minimum Gasteiger partial charge on any atom is -0.351 e. The lowest BCUT2D eigenvalue weighted by Gasteiger charge is -2.17. The Balaban J connectivity index is 2.43. The van der Waals surface area contributed by atoms with Gasteiger partial charge in [-0.3, -0.25) is 9.00 Å². The molecule has 0 aliphatic heterocycles. The zero-order valence-corrected chi connectivity index (χ0v) is 12.4. The number of carbonyl (C=O) groups is 1. The molecule has 5 heteroatoms. The summed E-state index contributed by atoms with van der Waals surface area (Å²) in [5.41, 5.74) is 0.556. The summed E-state index contributed by atoms with van der Waals surface area (Å²) in [6.07, 6.45) is 0. The van der Waals surface area contributed by atoms with E-state index in [1.54, 1.807) is 24.3 Å². The molecule has 0 radical (unpaired) electrons. The molecule has 0 spiro atoms. The molecule has 1 aromatic carbocycles. The van der Waals surface area contributed by atoms with Crippen LogP contribution in [0.1, 0.15) is 31.1 Å². The van der Waals surface area contributed by atoms with E-state index >= 15 is 0 Å². The van der Waals surface area contributed by atoms with Gasteiger partial charge in [0.2, 0.25) is 0 Å². The molecule has 0 heterocycles. The standard InChI is InChI=1S/C13H18ClNO2S/c1-13(2,3)18(17)9-8-15-12(16)10-4-6-11(14)7-5-10/h4-7H,8-9H2,1-3H3,(H,15,16)/t18-/m0/s1. The number of amides is 1. The molecule has 0 saturated heterocycles. The average Bonchev–Trinajstić information content (AvgIpc) is 2.28. The summed E-state index contributed by atoms with van der Waals surface area (Å²) in [7, 11) is -0.950. The van der Waals surface area contributed by atoms with Crippen LogP contribution < -0.4 is 5.32 Å². The number of rotatable bonds is 4. The zero-order valence-electron chi connectivity index (χ0n) is 10.8. The molecule has 0 aliphatic carbocycles. The van der Waals surface area contributed by atoms with Crippen LogP contribution in [0.15, 0.2) is 24.3 Å². The maximum absolute atomic E-state index is 11.8. The van der Waals surface area contributed by atoms with E-state index in [0.717, 1.165) is 0 Å². The molecular formula is C13H18ClNO2S. The van der Waals surface area contributed by atoms with E-state index in [0.29, 0.717) is 22.9 Å². The lowest BCUT2D eigenvalue weighted by atomic mass is 10.2. The Kier molecular flexibility index (Phi) is 5.35. The number of nitrogens with one attached hydrogen (secondary N) is 1. The average molecular weight is 288 g/mol. The van der Waals surface area contributed by atoms with Crippen molar-refractivity contribution in [2.75, 3.05) is 12.3 Å². The maximum atomic E-state index is 11.8. The Bertz CT molecular complexity index is 437. The number of carbonyl (C=O) groups excluding carboxylic acids is 1. The van der Waals surface area contributed by atoms with Crippen LogP contribution in [0.4, 0.5) is 0 Å². The first kappa shape index (κ1) is 15.2. The first-order valence-electron chi connectivity index (χ1n) is 5.73. The van der Waals surface area contributed by atoms with Crippen molar-refractivity contribution in [3.8, 4) is 0 Å². The fourth-order valence-electron chi connectivity index (χ4n) is 1.27. The van der Waals surface area contributed by atoms with Crippen LogP contribution in [0.3, 0.4) is 0 Å². The van der Waals surface area contributed by atoms with E-state index in [1.165, 1.54) is 0 Å². The molecule has 1 aromatic rings. The number of hydrogen-bond acceptors (Lipinski definition) is 2. The van der Waals surface area contributed by atoms with Crippen LogP contribution in [0.2, 0.25) is 5.02 Å². The monoisotopic (exact) mass is 287 g/mol. The second-order valence-electron chi connectivity index (χ2n) is 4.92. The lowest BCUT2D eigenvalue weighted by molar-refractivity contribution is 0.0956. The van der Waals surface area contributed by atoms with Crippen molar-refractivity contribution in [3.63, 3.8) is 0 Å². The smallest absolute Gasteiger partial charge is 0.251 e. The van der Waals surface area contributed by atoms with Crippen molar-refractivity contribution in [3.05, 3.63) is 34.9 Å². The van der Waals surface area contributed by atoms with Gasteiger partial charge in [-0.1, -0.05) is 11.6 Å². The Morgan fingerprint density at radius 2 is 1.83 bits per heavy atom. The first-order chi connectivity index (χ1) is 8.30. The summed E-state index contributed by atoms with van der Waals surface area (Å²) < 4.78 is 11.5. The van der Waals surface area contributed by atoms with Gasteiger partial charge in [0.25, 0.3) is 5.91 Å². The summed E-state index contributed by atoms with van der Waals surface area (Å²) in [6.45, 7) is 6.17. The topological polar surface area (TPSA) is 46.2 Å². The fourth-order valence-corrected chi connectivity index (χ4v) is 2.29. The number of hydrogen-bond donors (Lipinski definition) is 1. The second kappa shape index (κ2) is 6.34. The number of halogens is 1. The van der Waals surface area contributed by atoms with Gasteiger partial charge in [-0.15, -0.1) is 0 Å². The molecule has 0 bridgehead atoms. The third kappa shape index (κ3) is 4.78. The van der Waals surface area contributed by atoms with Gasteiger partial charge < -0.3 is 5.32 Å². The SMILES string of the molecule is CC(C)(C)[S@@](=O)CCNC(=O)c1ccc(Cl)cc1. The van der Waals surface area contributed by atoms with Crippen LogP contribution in [0.25, 0.3) is 0 Å². The van der Waals surface area contributed by atoms with Crippen LogP contribution >= 0.6 is 11.6 Å². The molecule has 0 aliphatic rings. The van der Waals surface area contributed by atoms with Crippen LogP contribution in [-0.2, 0) is 10.8 Å². The van der Waals surface area contributed by atoms with E-state index in [9.17, 15) is 9.00 Å². The highest BCUT2D eigenvalue weighted by molar-refractivity contribution is 7.86. The Labute approximate surface area is 115 Å². The zero-order chi connectivity index (χ0) is 13.8. The van der Waals surface area contributed by atoms with Crippen molar-refractivity contribution in [2.45, 2.75) is 25.5 Å². The normalized spacial score (nSPS) is 13.1. The van der Waals surface area contributed by atoms with E-state index in [-0.39, 0.29) is 10.7 Å². The van der Waals surface area contributed by atoms with Gasteiger partial charge in [0, 0.05) is 38.4 Å². The fraction of sp³-hybridized carbons (Fsp3) is 0.462. The predicted octanol–water partition coefficient (Wildman–Crippen LogP) is 2.62. The maximum Gasteiger partial charge on any atom is 0.251 e. The molecule has 0 unspecified atom stereocenters.